The molecule has 2 heterocycles. The fourth-order valence-corrected chi connectivity index (χ4v) is 2.07. The Morgan fingerprint density at radius 1 is 1.26 bits per heavy atom. The van der Waals surface area contributed by atoms with Crippen molar-refractivity contribution in [2.45, 2.75) is 46.6 Å². The number of furan rings is 1. The molecule has 0 bridgehead atoms. The molecule has 0 amide bonds. The molecule has 0 spiro atoms. The van der Waals surface area contributed by atoms with Crippen molar-refractivity contribution in [1.29, 1.82) is 0 Å². The molecule has 2 rings (SSSR count). The van der Waals surface area contributed by atoms with Gasteiger partial charge in [-0.25, -0.2) is 0 Å². The van der Waals surface area contributed by atoms with Gasteiger partial charge in [-0.15, -0.1) is 0 Å². The van der Waals surface area contributed by atoms with Crippen LogP contribution in [-0.4, -0.2) is 15.6 Å². The number of hydrogen-bond acceptors (Lipinski definition) is 3. The molecule has 0 unspecified atom stereocenters. The molecule has 2 aromatic heterocycles. The summed E-state index contributed by atoms with van der Waals surface area (Å²) in [5.74, 6) is 1.30. The maximum atomic E-state index is 12.2. The first kappa shape index (κ1) is 13.6. The van der Waals surface area contributed by atoms with Gasteiger partial charge in [0.1, 0.15) is 5.76 Å². The third kappa shape index (κ3) is 2.95. The number of aromatic nitrogens is 2. The summed E-state index contributed by atoms with van der Waals surface area (Å²) >= 11 is 0. The van der Waals surface area contributed by atoms with Crippen LogP contribution in [0.15, 0.2) is 22.6 Å². The van der Waals surface area contributed by atoms with Crippen molar-refractivity contribution < 1.29 is 9.21 Å². The van der Waals surface area contributed by atoms with E-state index in [4.69, 9.17) is 4.42 Å². The molecule has 0 aromatic carbocycles. The van der Waals surface area contributed by atoms with Gasteiger partial charge in [-0.05, 0) is 31.5 Å². The van der Waals surface area contributed by atoms with Crippen molar-refractivity contribution >= 4 is 5.78 Å². The lowest BCUT2D eigenvalue weighted by Gasteiger charge is -2.02. The average Bonchev–Trinajstić information content (AvgIpc) is 3.04. The van der Waals surface area contributed by atoms with Crippen LogP contribution in [0.2, 0.25) is 0 Å². The number of aryl methyl sites for hydroxylation is 3. The molecule has 0 aliphatic carbocycles. The maximum Gasteiger partial charge on any atom is 0.203 e. The molecule has 0 atom stereocenters. The van der Waals surface area contributed by atoms with E-state index in [1.807, 2.05) is 30.7 Å². The Hall–Kier alpha value is -1.84. The smallest absolute Gasteiger partial charge is 0.203 e. The van der Waals surface area contributed by atoms with Crippen LogP contribution >= 0.6 is 0 Å². The average molecular weight is 260 g/mol. The predicted molar refractivity (Wildman–Crippen MR) is 73.4 cm³/mol. The lowest BCUT2D eigenvalue weighted by molar-refractivity contribution is 0.0962. The Labute approximate surface area is 113 Å². The Bertz CT molecular complexity index is 566. The predicted octanol–water partition coefficient (Wildman–Crippen LogP) is 3.05. The number of rotatable bonds is 6. The summed E-state index contributed by atoms with van der Waals surface area (Å²) < 4.78 is 7.38. The molecule has 19 heavy (non-hydrogen) atoms. The minimum Gasteiger partial charge on any atom is -0.458 e. The third-order valence-electron chi connectivity index (χ3n) is 3.20. The maximum absolute atomic E-state index is 12.2. The van der Waals surface area contributed by atoms with Crippen LogP contribution in [0.1, 0.15) is 48.5 Å². The first-order valence-electron chi connectivity index (χ1n) is 6.85. The minimum absolute atomic E-state index is 0.0111. The quantitative estimate of drug-likeness (QED) is 0.750. The number of carbonyl (C=O) groups excluding carboxylic acids is 1. The normalized spacial score (nSPS) is 10.9. The second-order valence-corrected chi connectivity index (χ2v) is 4.52. The van der Waals surface area contributed by atoms with Crippen molar-refractivity contribution in [3.05, 3.63) is 41.1 Å². The molecule has 102 valence electrons. The van der Waals surface area contributed by atoms with E-state index >= 15 is 0 Å². The Kier molecular flexibility index (Phi) is 4.20. The van der Waals surface area contributed by atoms with E-state index in [0.717, 1.165) is 36.5 Å². The van der Waals surface area contributed by atoms with Gasteiger partial charge < -0.3 is 4.42 Å². The summed E-state index contributed by atoms with van der Waals surface area (Å²) in [5.41, 5.74) is 1.98. The second-order valence-electron chi connectivity index (χ2n) is 4.52. The number of Topliss-reactive ketones (excluding diaryl/α,β-unsaturated/α-hetero) is 1. The molecular formula is C15H20N2O2. The first-order chi connectivity index (χ1) is 9.17. The summed E-state index contributed by atoms with van der Waals surface area (Å²) in [7, 11) is 0. The van der Waals surface area contributed by atoms with Crippen LogP contribution in [-0.2, 0) is 25.8 Å². The molecule has 2 aromatic rings. The molecule has 0 N–H and O–H groups in total. The van der Waals surface area contributed by atoms with Gasteiger partial charge in [-0.3, -0.25) is 9.48 Å². The zero-order chi connectivity index (χ0) is 13.8. The third-order valence-corrected chi connectivity index (χ3v) is 3.20. The van der Waals surface area contributed by atoms with E-state index in [9.17, 15) is 4.79 Å². The second kappa shape index (κ2) is 5.87. The lowest BCUT2D eigenvalue weighted by Crippen LogP contribution is -2.09. The highest BCUT2D eigenvalue weighted by molar-refractivity contribution is 5.94. The number of carbonyl (C=O) groups is 1. The van der Waals surface area contributed by atoms with Crippen LogP contribution in [0.5, 0.6) is 0 Å². The monoisotopic (exact) mass is 260 g/mol. The first-order valence-corrected chi connectivity index (χ1v) is 6.85. The van der Waals surface area contributed by atoms with Gasteiger partial charge in [0.15, 0.2) is 5.76 Å². The number of nitrogens with zero attached hydrogens (tertiary/aromatic N) is 2. The summed E-state index contributed by atoms with van der Waals surface area (Å²) in [5, 5.41) is 4.45. The molecule has 0 saturated carbocycles. The zero-order valence-electron chi connectivity index (χ0n) is 11.8. The fraction of sp³-hybridized carbons (Fsp3) is 0.467. The van der Waals surface area contributed by atoms with Crippen LogP contribution in [0.3, 0.4) is 0 Å². The fourth-order valence-electron chi connectivity index (χ4n) is 2.07. The van der Waals surface area contributed by atoms with Gasteiger partial charge in [0.05, 0.1) is 12.1 Å². The van der Waals surface area contributed by atoms with Gasteiger partial charge >= 0.3 is 0 Å². The molecule has 0 aliphatic heterocycles. The van der Waals surface area contributed by atoms with Gasteiger partial charge in [0.2, 0.25) is 5.78 Å². The molecular weight excluding hydrogens is 240 g/mol. The number of ketones is 1. The zero-order valence-corrected chi connectivity index (χ0v) is 11.8. The van der Waals surface area contributed by atoms with Crippen LogP contribution in [0, 0.1) is 0 Å². The molecule has 0 aliphatic rings. The highest BCUT2D eigenvalue weighted by Crippen LogP contribution is 2.13. The summed E-state index contributed by atoms with van der Waals surface area (Å²) in [6.07, 6.45) is 2.03. The van der Waals surface area contributed by atoms with Gasteiger partial charge in [0, 0.05) is 18.7 Å². The van der Waals surface area contributed by atoms with Gasteiger partial charge in [-0.2, -0.15) is 5.10 Å². The largest absolute Gasteiger partial charge is 0.458 e. The Morgan fingerprint density at radius 2 is 2.05 bits per heavy atom. The number of hydrogen-bond donors (Lipinski definition) is 0. The minimum atomic E-state index is 0.0111. The van der Waals surface area contributed by atoms with Crippen LogP contribution in [0.25, 0.3) is 0 Å². The van der Waals surface area contributed by atoms with Gasteiger partial charge in [-0.1, -0.05) is 13.8 Å². The molecule has 0 saturated heterocycles. The molecule has 0 fully saturated rings. The van der Waals surface area contributed by atoms with Crippen molar-refractivity contribution in [2.24, 2.45) is 0 Å². The van der Waals surface area contributed by atoms with Crippen LogP contribution < -0.4 is 0 Å². The highest BCUT2D eigenvalue weighted by atomic mass is 16.3. The molecule has 0 radical (unpaired) electrons. The standard InChI is InChI=1S/C15H20N2O2/c1-4-11-9-12(17(6-3)16-11)10-14(18)15-8-7-13(5-2)19-15/h7-9H,4-6,10H2,1-3H3. The van der Waals surface area contributed by atoms with E-state index in [2.05, 4.69) is 12.0 Å². The lowest BCUT2D eigenvalue weighted by atomic mass is 10.1. The van der Waals surface area contributed by atoms with Crippen molar-refractivity contribution in [3.8, 4) is 0 Å². The van der Waals surface area contributed by atoms with E-state index in [1.54, 1.807) is 6.07 Å². The molecule has 4 nitrogen and oxygen atoms in total. The highest BCUT2D eigenvalue weighted by Gasteiger charge is 2.15. The SMILES string of the molecule is CCc1cc(CC(=O)c2ccc(CC)o2)n(CC)n1. The Balaban J connectivity index is 2.16. The Morgan fingerprint density at radius 3 is 2.63 bits per heavy atom. The summed E-state index contributed by atoms with van der Waals surface area (Å²) in [6.45, 7) is 6.88. The van der Waals surface area contributed by atoms with Gasteiger partial charge in [0.25, 0.3) is 0 Å². The van der Waals surface area contributed by atoms with E-state index in [0.29, 0.717) is 12.2 Å². The van der Waals surface area contributed by atoms with E-state index in [-0.39, 0.29) is 5.78 Å². The summed E-state index contributed by atoms with van der Waals surface area (Å²) in [4.78, 5) is 12.2. The topological polar surface area (TPSA) is 48.0 Å². The van der Waals surface area contributed by atoms with E-state index < -0.39 is 0 Å². The molecule has 4 heteroatoms. The summed E-state index contributed by atoms with van der Waals surface area (Å²) in [6, 6.07) is 5.63. The van der Waals surface area contributed by atoms with E-state index in [1.165, 1.54) is 0 Å². The van der Waals surface area contributed by atoms with Crippen molar-refractivity contribution in [3.63, 3.8) is 0 Å². The van der Waals surface area contributed by atoms with Crippen molar-refractivity contribution in [1.82, 2.24) is 9.78 Å². The van der Waals surface area contributed by atoms with Crippen LogP contribution in [0.4, 0.5) is 0 Å². The van der Waals surface area contributed by atoms with Crippen molar-refractivity contribution in [2.75, 3.05) is 0 Å².